The number of nitrogens with zero attached hydrogens (tertiary/aromatic N) is 2. The normalized spacial score (nSPS) is 11.8. The van der Waals surface area contributed by atoms with Crippen LogP contribution >= 0.6 is 0 Å². The molecule has 0 aliphatic heterocycles. The fraction of sp³-hybridized carbons (Fsp3) is 0.588. The van der Waals surface area contributed by atoms with Gasteiger partial charge in [-0.15, -0.1) is 0 Å². The van der Waals surface area contributed by atoms with Crippen LogP contribution in [0, 0.1) is 0 Å². The van der Waals surface area contributed by atoms with Crippen molar-refractivity contribution < 1.29 is 9.59 Å². The van der Waals surface area contributed by atoms with Crippen molar-refractivity contribution in [3.05, 3.63) is 30.1 Å². The van der Waals surface area contributed by atoms with Gasteiger partial charge < -0.3 is 10.2 Å². The van der Waals surface area contributed by atoms with Crippen LogP contribution in [0.4, 0.5) is 0 Å². The van der Waals surface area contributed by atoms with E-state index >= 15 is 0 Å². The van der Waals surface area contributed by atoms with Gasteiger partial charge in [0.05, 0.1) is 5.92 Å². The van der Waals surface area contributed by atoms with Gasteiger partial charge in [-0.05, 0) is 30.9 Å². The maximum atomic E-state index is 12.9. The molecule has 0 spiro atoms. The molecule has 1 atom stereocenters. The molecule has 1 heterocycles. The standard InChI is InChI=1S/C17H27N3O2/c1-4-11-20(12-5-2)17(22)16(8-10-19-14(3)21)15-7-6-9-18-13-15/h6-7,9,13,16H,4-5,8,10-12H2,1-3H3,(H,19,21). The fourth-order valence-electron chi connectivity index (χ4n) is 2.50. The molecule has 1 aromatic rings. The van der Waals surface area contributed by atoms with Crippen molar-refractivity contribution in [1.29, 1.82) is 0 Å². The molecule has 1 rings (SSSR count). The Labute approximate surface area is 133 Å². The highest BCUT2D eigenvalue weighted by molar-refractivity contribution is 5.83. The highest BCUT2D eigenvalue weighted by Gasteiger charge is 2.25. The molecule has 2 amide bonds. The number of nitrogens with one attached hydrogen (secondary N) is 1. The molecule has 0 saturated heterocycles. The van der Waals surface area contributed by atoms with Gasteiger partial charge in [0.15, 0.2) is 0 Å². The second-order valence-corrected chi connectivity index (χ2v) is 5.44. The van der Waals surface area contributed by atoms with Gasteiger partial charge in [0.2, 0.25) is 11.8 Å². The van der Waals surface area contributed by atoms with E-state index in [2.05, 4.69) is 24.1 Å². The molecule has 0 saturated carbocycles. The molecule has 0 bridgehead atoms. The van der Waals surface area contributed by atoms with E-state index in [1.165, 1.54) is 6.92 Å². The maximum Gasteiger partial charge on any atom is 0.230 e. The molecule has 1 unspecified atom stereocenters. The molecule has 5 heteroatoms. The Hall–Kier alpha value is -1.91. The first kappa shape index (κ1) is 18.1. The van der Waals surface area contributed by atoms with Crippen molar-refractivity contribution in [3.63, 3.8) is 0 Å². The van der Waals surface area contributed by atoms with Crippen molar-refractivity contribution in [3.8, 4) is 0 Å². The van der Waals surface area contributed by atoms with Crippen LogP contribution in [0.2, 0.25) is 0 Å². The van der Waals surface area contributed by atoms with Crippen LogP contribution < -0.4 is 5.32 Å². The van der Waals surface area contributed by atoms with E-state index in [-0.39, 0.29) is 17.7 Å². The average molecular weight is 305 g/mol. The van der Waals surface area contributed by atoms with Gasteiger partial charge in [-0.3, -0.25) is 14.6 Å². The zero-order valence-electron chi connectivity index (χ0n) is 13.8. The molecule has 1 N–H and O–H groups in total. The van der Waals surface area contributed by atoms with Crippen LogP contribution in [0.25, 0.3) is 0 Å². The molecular formula is C17H27N3O2. The third kappa shape index (κ3) is 5.84. The highest BCUT2D eigenvalue weighted by atomic mass is 16.2. The second kappa shape index (κ2) is 9.92. The van der Waals surface area contributed by atoms with Crippen molar-refractivity contribution >= 4 is 11.8 Å². The molecule has 122 valence electrons. The number of amides is 2. The van der Waals surface area contributed by atoms with Gasteiger partial charge in [0, 0.05) is 39.0 Å². The minimum Gasteiger partial charge on any atom is -0.356 e. The van der Waals surface area contributed by atoms with Crippen LogP contribution in [-0.4, -0.2) is 41.3 Å². The lowest BCUT2D eigenvalue weighted by Gasteiger charge is -2.27. The van der Waals surface area contributed by atoms with Crippen molar-refractivity contribution in [2.45, 2.75) is 46.0 Å². The van der Waals surface area contributed by atoms with Gasteiger partial charge in [0.25, 0.3) is 0 Å². The van der Waals surface area contributed by atoms with Gasteiger partial charge >= 0.3 is 0 Å². The number of pyridine rings is 1. The summed E-state index contributed by atoms with van der Waals surface area (Å²) < 4.78 is 0. The third-order valence-electron chi connectivity index (χ3n) is 3.49. The largest absolute Gasteiger partial charge is 0.356 e. The Kier molecular flexibility index (Phi) is 8.18. The summed E-state index contributed by atoms with van der Waals surface area (Å²) in [5.74, 6) is -0.197. The van der Waals surface area contributed by atoms with E-state index in [1.54, 1.807) is 12.4 Å². The molecule has 0 fully saturated rings. The second-order valence-electron chi connectivity index (χ2n) is 5.44. The topological polar surface area (TPSA) is 62.3 Å². The number of hydrogen-bond acceptors (Lipinski definition) is 3. The smallest absolute Gasteiger partial charge is 0.230 e. The van der Waals surface area contributed by atoms with E-state index in [0.717, 1.165) is 31.5 Å². The summed E-state index contributed by atoms with van der Waals surface area (Å²) in [4.78, 5) is 30.0. The van der Waals surface area contributed by atoms with Gasteiger partial charge in [0.1, 0.15) is 0 Å². The Morgan fingerprint density at radius 3 is 2.45 bits per heavy atom. The average Bonchev–Trinajstić information content (AvgIpc) is 2.51. The number of hydrogen-bond donors (Lipinski definition) is 1. The SMILES string of the molecule is CCCN(CCC)C(=O)C(CCNC(C)=O)c1cccnc1. The molecule has 0 aliphatic rings. The lowest BCUT2D eigenvalue weighted by Crippen LogP contribution is -2.37. The lowest BCUT2D eigenvalue weighted by atomic mass is 9.95. The van der Waals surface area contributed by atoms with Crippen LogP contribution in [-0.2, 0) is 9.59 Å². The first-order valence-electron chi connectivity index (χ1n) is 8.03. The third-order valence-corrected chi connectivity index (χ3v) is 3.49. The first-order chi connectivity index (χ1) is 10.6. The Bertz CT molecular complexity index is 456. The summed E-state index contributed by atoms with van der Waals surface area (Å²) in [6.07, 6.45) is 5.92. The minimum absolute atomic E-state index is 0.0728. The molecule has 5 nitrogen and oxygen atoms in total. The summed E-state index contributed by atoms with van der Waals surface area (Å²) in [6.45, 7) is 7.67. The van der Waals surface area contributed by atoms with Gasteiger partial charge in [-0.1, -0.05) is 19.9 Å². The monoisotopic (exact) mass is 305 g/mol. The molecule has 1 aromatic heterocycles. The van der Waals surface area contributed by atoms with E-state index in [9.17, 15) is 9.59 Å². The Morgan fingerprint density at radius 2 is 1.95 bits per heavy atom. The molecule has 0 aliphatic carbocycles. The molecule has 0 radical (unpaired) electrons. The van der Waals surface area contributed by atoms with E-state index in [1.807, 2.05) is 17.0 Å². The summed E-state index contributed by atoms with van der Waals surface area (Å²) in [5, 5.41) is 2.77. The van der Waals surface area contributed by atoms with Crippen molar-refractivity contribution in [2.75, 3.05) is 19.6 Å². The molecule has 0 aromatic carbocycles. The molecule has 22 heavy (non-hydrogen) atoms. The lowest BCUT2D eigenvalue weighted by molar-refractivity contribution is -0.133. The number of carbonyl (C=O) groups is 2. The Morgan fingerprint density at radius 1 is 1.27 bits per heavy atom. The van der Waals surface area contributed by atoms with Gasteiger partial charge in [-0.2, -0.15) is 0 Å². The van der Waals surface area contributed by atoms with Crippen LogP contribution in [0.3, 0.4) is 0 Å². The van der Waals surface area contributed by atoms with E-state index in [4.69, 9.17) is 0 Å². The highest BCUT2D eigenvalue weighted by Crippen LogP contribution is 2.21. The summed E-state index contributed by atoms with van der Waals surface area (Å²) in [5.41, 5.74) is 0.912. The van der Waals surface area contributed by atoms with Gasteiger partial charge in [-0.25, -0.2) is 0 Å². The van der Waals surface area contributed by atoms with Crippen LogP contribution in [0.1, 0.15) is 51.5 Å². The molecular weight excluding hydrogens is 278 g/mol. The predicted molar refractivity (Wildman–Crippen MR) is 87.4 cm³/mol. The van der Waals surface area contributed by atoms with Crippen LogP contribution in [0.15, 0.2) is 24.5 Å². The summed E-state index contributed by atoms with van der Waals surface area (Å²) in [7, 11) is 0. The number of aromatic nitrogens is 1. The number of carbonyl (C=O) groups excluding carboxylic acids is 2. The quantitative estimate of drug-likeness (QED) is 0.761. The van der Waals surface area contributed by atoms with Crippen molar-refractivity contribution in [2.24, 2.45) is 0 Å². The summed E-state index contributed by atoms with van der Waals surface area (Å²) >= 11 is 0. The van der Waals surface area contributed by atoms with Crippen molar-refractivity contribution in [1.82, 2.24) is 15.2 Å². The number of rotatable bonds is 9. The van der Waals surface area contributed by atoms with Crippen LogP contribution in [0.5, 0.6) is 0 Å². The maximum absolute atomic E-state index is 12.9. The zero-order valence-corrected chi connectivity index (χ0v) is 13.8. The fourth-order valence-corrected chi connectivity index (χ4v) is 2.50. The summed E-state index contributed by atoms with van der Waals surface area (Å²) in [6, 6.07) is 3.78. The zero-order chi connectivity index (χ0) is 16.4. The van der Waals surface area contributed by atoms with E-state index < -0.39 is 0 Å². The minimum atomic E-state index is -0.251. The Balaban J connectivity index is 2.87. The predicted octanol–water partition coefficient (Wildman–Crippen LogP) is 2.34. The van der Waals surface area contributed by atoms with E-state index in [0.29, 0.717) is 13.0 Å². The first-order valence-corrected chi connectivity index (χ1v) is 8.03.